The molecule has 0 spiro atoms. The molecule has 2 heterocycles. The van der Waals surface area contributed by atoms with Gasteiger partial charge in [-0.25, -0.2) is 0 Å². The highest BCUT2D eigenvalue weighted by atomic mass is 16.5. The van der Waals surface area contributed by atoms with Gasteiger partial charge in [-0.2, -0.15) is 0 Å². The second-order valence-electron chi connectivity index (χ2n) is 6.91. The minimum absolute atomic E-state index is 0.142. The summed E-state index contributed by atoms with van der Waals surface area (Å²) in [6.07, 6.45) is 5.64. The number of piperidine rings is 1. The zero-order valence-electron chi connectivity index (χ0n) is 16.5. The van der Waals surface area contributed by atoms with Crippen molar-refractivity contribution in [1.82, 2.24) is 15.2 Å². The molecule has 1 aliphatic rings. The number of anilines is 1. The molecule has 1 amide bonds. The SMILES string of the molecule is COc1cc(C(=O)NCCNc2cccnc2)ccc1OC1CCN(C)CC1. The van der Waals surface area contributed by atoms with Crippen molar-refractivity contribution in [3.05, 3.63) is 48.3 Å². The quantitative estimate of drug-likeness (QED) is 0.681. The molecule has 150 valence electrons. The van der Waals surface area contributed by atoms with Crippen LogP contribution in [-0.4, -0.2) is 62.2 Å². The maximum atomic E-state index is 12.4. The second-order valence-corrected chi connectivity index (χ2v) is 6.91. The summed E-state index contributed by atoms with van der Waals surface area (Å²) in [5, 5.41) is 6.11. The van der Waals surface area contributed by atoms with Crippen LogP contribution in [0.1, 0.15) is 23.2 Å². The van der Waals surface area contributed by atoms with Crippen LogP contribution in [0.5, 0.6) is 11.5 Å². The molecule has 28 heavy (non-hydrogen) atoms. The molecule has 1 saturated heterocycles. The lowest BCUT2D eigenvalue weighted by molar-refractivity contribution is 0.0954. The lowest BCUT2D eigenvalue weighted by Crippen LogP contribution is -2.35. The van der Waals surface area contributed by atoms with Crippen LogP contribution in [-0.2, 0) is 0 Å². The third-order valence-corrected chi connectivity index (χ3v) is 4.79. The van der Waals surface area contributed by atoms with E-state index < -0.39 is 0 Å². The van der Waals surface area contributed by atoms with Crippen LogP contribution in [0.15, 0.2) is 42.7 Å². The Morgan fingerprint density at radius 1 is 1.21 bits per heavy atom. The molecule has 0 saturated carbocycles. The largest absolute Gasteiger partial charge is 0.493 e. The van der Waals surface area contributed by atoms with E-state index in [0.29, 0.717) is 30.2 Å². The summed E-state index contributed by atoms with van der Waals surface area (Å²) in [5.41, 5.74) is 1.47. The number of nitrogens with one attached hydrogen (secondary N) is 2. The number of hydrogen-bond donors (Lipinski definition) is 2. The van der Waals surface area contributed by atoms with Gasteiger partial charge in [-0.15, -0.1) is 0 Å². The monoisotopic (exact) mass is 384 g/mol. The van der Waals surface area contributed by atoms with Crippen molar-refractivity contribution in [2.75, 3.05) is 45.7 Å². The molecule has 0 radical (unpaired) electrons. The number of benzene rings is 1. The van der Waals surface area contributed by atoms with Gasteiger partial charge in [-0.05, 0) is 50.2 Å². The third kappa shape index (κ3) is 5.60. The Morgan fingerprint density at radius 3 is 2.75 bits per heavy atom. The Morgan fingerprint density at radius 2 is 2.04 bits per heavy atom. The van der Waals surface area contributed by atoms with Gasteiger partial charge in [0.15, 0.2) is 11.5 Å². The third-order valence-electron chi connectivity index (χ3n) is 4.79. The van der Waals surface area contributed by atoms with Gasteiger partial charge < -0.3 is 25.0 Å². The van der Waals surface area contributed by atoms with Gasteiger partial charge in [0.2, 0.25) is 0 Å². The number of amides is 1. The highest BCUT2D eigenvalue weighted by Crippen LogP contribution is 2.30. The van der Waals surface area contributed by atoms with Gasteiger partial charge >= 0.3 is 0 Å². The molecule has 3 rings (SSSR count). The fourth-order valence-electron chi connectivity index (χ4n) is 3.14. The molecule has 0 atom stereocenters. The van der Waals surface area contributed by atoms with E-state index in [9.17, 15) is 4.79 Å². The summed E-state index contributed by atoms with van der Waals surface area (Å²) < 4.78 is 11.6. The minimum Gasteiger partial charge on any atom is -0.493 e. The minimum atomic E-state index is -0.142. The number of aromatic nitrogens is 1. The molecule has 7 heteroatoms. The van der Waals surface area contributed by atoms with E-state index in [0.717, 1.165) is 31.6 Å². The average molecular weight is 384 g/mol. The van der Waals surface area contributed by atoms with E-state index in [1.807, 2.05) is 18.2 Å². The molecule has 1 aromatic carbocycles. The molecule has 1 fully saturated rings. The highest BCUT2D eigenvalue weighted by Gasteiger charge is 2.20. The zero-order chi connectivity index (χ0) is 19.8. The Balaban J connectivity index is 1.51. The zero-order valence-corrected chi connectivity index (χ0v) is 16.5. The number of rotatable bonds is 8. The van der Waals surface area contributed by atoms with Gasteiger partial charge in [0.1, 0.15) is 6.10 Å². The molecular weight excluding hydrogens is 356 g/mol. The van der Waals surface area contributed by atoms with Crippen molar-refractivity contribution in [3.63, 3.8) is 0 Å². The van der Waals surface area contributed by atoms with Crippen molar-refractivity contribution in [3.8, 4) is 11.5 Å². The normalized spacial score (nSPS) is 15.1. The second kappa shape index (κ2) is 9.94. The van der Waals surface area contributed by atoms with Gasteiger partial charge in [-0.3, -0.25) is 9.78 Å². The number of pyridine rings is 1. The van der Waals surface area contributed by atoms with Crippen LogP contribution in [0.25, 0.3) is 0 Å². The van der Waals surface area contributed by atoms with Gasteiger partial charge in [-0.1, -0.05) is 0 Å². The van der Waals surface area contributed by atoms with Gasteiger partial charge in [0.05, 0.1) is 12.8 Å². The molecule has 0 aliphatic carbocycles. The first kappa shape index (κ1) is 19.9. The van der Waals surface area contributed by atoms with E-state index in [1.54, 1.807) is 31.6 Å². The summed E-state index contributed by atoms with van der Waals surface area (Å²) in [5.74, 6) is 1.13. The molecule has 0 unspecified atom stereocenters. The highest BCUT2D eigenvalue weighted by molar-refractivity contribution is 5.94. The van der Waals surface area contributed by atoms with Crippen molar-refractivity contribution < 1.29 is 14.3 Å². The summed E-state index contributed by atoms with van der Waals surface area (Å²) >= 11 is 0. The fraction of sp³-hybridized carbons (Fsp3) is 0.429. The molecule has 0 bridgehead atoms. The lowest BCUT2D eigenvalue weighted by Gasteiger charge is -2.29. The van der Waals surface area contributed by atoms with Crippen molar-refractivity contribution >= 4 is 11.6 Å². The predicted octanol–water partition coefficient (Wildman–Crippen LogP) is 2.41. The topological polar surface area (TPSA) is 75.7 Å². The molecule has 2 aromatic rings. The number of ether oxygens (including phenoxy) is 2. The van der Waals surface area contributed by atoms with Gasteiger partial charge in [0, 0.05) is 44.1 Å². The maximum Gasteiger partial charge on any atom is 0.251 e. The fourth-order valence-corrected chi connectivity index (χ4v) is 3.14. The first-order chi connectivity index (χ1) is 13.7. The summed E-state index contributed by atoms with van der Waals surface area (Å²) in [6, 6.07) is 9.12. The number of carbonyl (C=O) groups is 1. The standard InChI is InChI=1S/C21H28N4O3/c1-25-12-7-18(8-13-25)28-19-6-5-16(14-20(19)27-2)21(26)24-11-10-23-17-4-3-9-22-15-17/h3-6,9,14-15,18,23H,7-8,10-13H2,1-2H3,(H,24,26). The van der Waals surface area contributed by atoms with Crippen molar-refractivity contribution in [1.29, 1.82) is 0 Å². The van der Waals surface area contributed by atoms with Crippen LogP contribution < -0.4 is 20.1 Å². The average Bonchev–Trinajstić information content (AvgIpc) is 2.73. The van der Waals surface area contributed by atoms with E-state index in [4.69, 9.17) is 9.47 Å². The van der Waals surface area contributed by atoms with E-state index in [1.165, 1.54) is 0 Å². The molecule has 1 aliphatic heterocycles. The van der Waals surface area contributed by atoms with Crippen LogP contribution in [0.3, 0.4) is 0 Å². The van der Waals surface area contributed by atoms with Crippen LogP contribution in [0, 0.1) is 0 Å². The number of nitrogens with zero attached hydrogens (tertiary/aromatic N) is 2. The van der Waals surface area contributed by atoms with Crippen molar-refractivity contribution in [2.45, 2.75) is 18.9 Å². The Kier molecular flexibility index (Phi) is 7.08. The van der Waals surface area contributed by atoms with Crippen LogP contribution >= 0.6 is 0 Å². The number of hydrogen-bond acceptors (Lipinski definition) is 6. The van der Waals surface area contributed by atoms with Crippen LogP contribution in [0.4, 0.5) is 5.69 Å². The van der Waals surface area contributed by atoms with E-state index >= 15 is 0 Å². The first-order valence-electron chi connectivity index (χ1n) is 9.61. The summed E-state index contributed by atoms with van der Waals surface area (Å²) in [4.78, 5) is 18.7. The first-order valence-corrected chi connectivity index (χ1v) is 9.61. The van der Waals surface area contributed by atoms with Crippen molar-refractivity contribution in [2.24, 2.45) is 0 Å². The van der Waals surface area contributed by atoms with Crippen LogP contribution in [0.2, 0.25) is 0 Å². The predicted molar refractivity (Wildman–Crippen MR) is 109 cm³/mol. The molecule has 1 aromatic heterocycles. The van der Waals surface area contributed by atoms with E-state index in [-0.39, 0.29) is 12.0 Å². The molecule has 2 N–H and O–H groups in total. The maximum absolute atomic E-state index is 12.4. The summed E-state index contributed by atoms with van der Waals surface area (Å²) in [6.45, 7) is 3.18. The number of carbonyl (C=O) groups excluding carboxylic acids is 1. The smallest absolute Gasteiger partial charge is 0.251 e. The van der Waals surface area contributed by atoms with E-state index in [2.05, 4.69) is 27.6 Å². The lowest BCUT2D eigenvalue weighted by atomic mass is 10.1. The molecule has 7 nitrogen and oxygen atoms in total. The number of methoxy groups -OCH3 is 1. The Labute approximate surface area is 166 Å². The Hall–Kier alpha value is -2.80. The Bertz CT molecular complexity index is 762. The van der Waals surface area contributed by atoms with Gasteiger partial charge in [0.25, 0.3) is 5.91 Å². The molecular formula is C21H28N4O3. The summed E-state index contributed by atoms with van der Waals surface area (Å²) in [7, 11) is 3.72. The number of likely N-dealkylation sites (tertiary alicyclic amines) is 1.